The van der Waals surface area contributed by atoms with Crippen LogP contribution >= 0.6 is 23.2 Å². The fourth-order valence-corrected chi connectivity index (χ4v) is 8.20. The van der Waals surface area contributed by atoms with Crippen molar-refractivity contribution in [1.82, 2.24) is 15.5 Å². The summed E-state index contributed by atoms with van der Waals surface area (Å²) in [5, 5.41) is 5.59. The Morgan fingerprint density at radius 1 is 0.878 bits per heavy atom. The van der Waals surface area contributed by atoms with E-state index in [2.05, 4.69) is 10.6 Å². The van der Waals surface area contributed by atoms with Gasteiger partial charge in [0.15, 0.2) is 0 Å². The van der Waals surface area contributed by atoms with Crippen LogP contribution in [-0.4, -0.2) is 69.6 Å². The van der Waals surface area contributed by atoms with Crippen molar-refractivity contribution in [2.45, 2.75) is 118 Å². The number of piperidine rings is 1. The van der Waals surface area contributed by atoms with Crippen molar-refractivity contribution in [2.24, 2.45) is 29.4 Å². The Labute approximate surface area is 251 Å². The van der Waals surface area contributed by atoms with E-state index in [1.165, 1.54) is 4.90 Å². The molecular formula is C29H42Cl2N4O6. The number of carbonyl (C=O) groups is 5. The van der Waals surface area contributed by atoms with Crippen LogP contribution in [0.1, 0.15) is 89.9 Å². The van der Waals surface area contributed by atoms with Crippen LogP contribution in [0, 0.1) is 23.7 Å². The molecular weight excluding hydrogens is 571 g/mol. The minimum atomic E-state index is -1.18. The monoisotopic (exact) mass is 612 g/mol. The number of nitrogens with two attached hydrogens (primary N) is 1. The van der Waals surface area contributed by atoms with Crippen LogP contribution < -0.4 is 16.4 Å². The number of Topliss-reactive ketones (excluding diaryl/α,β-unsaturated/α-hetero) is 1. The van der Waals surface area contributed by atoms with Crippen molar-refractivity contribution in [1.29, 1.82) is 0 Å². The maximum Gasteiger partial charge on any atom is 0.408 e. The van der Waals surface area contributed by atoms with Crippen molar-refractivity contribution in [3.8, 4) is 0 Å². The number of hydrogen-bond donors (Lipinski definition) is 3. The summed E-state index contributed by atoms with van der Waals surface area (Å²) in [5.41, 5.74) is 5.29. The minimum absolute atomic E-state index is 0.0876. The van der Waals surface area contributed by atoms with Gasteiger partial charge in [-0.15, -0.1) is 23.2 Å². The van der Waals surface area contributed by atoms with E-state index in [9.17, 15) is 24.0 Å². The second-order valence-electron chi connectivity index (χ2n) is 12.7. The molecule has 1 saturated heterocycles. The van der Waals surface area contributed by atoms with Crippen LogP contribution in [0.3, 0.4) is 0 Å². The Morgan fingerprint density at radius 2 is 1.51 bits per heavy atom. The average Bonchev–Trinajstić information content (AvgIpc) is 3.25. The number of nitrogens with zero attached hydrogens (tertiary/aromatic N) is 1. The molecule has 4 aliphatic carbocycles. The molecule has 41 heavy (non-hydrogen) atoms. The molecule has 228 valence electrons. The van der Waals surface area contributed by atoms with Crippen molar-refractivity contribution in [3.05, 3.63) is 0 Å². The van der Waals surface area contributed by atoms with E-state index in [1.807, 2.05) is 0 Å². The van der Waals surface area contributed by atoms with Crippen molar-refractivity contribution < 1.29 is 28.7 Å². The Balaban J connectivity index is 1.33. The second kappa shape index (κ2) is 12.7. The molecule has 4 amide bonds. The van der Waals surface area contributed by atoms with Gasteiger partial charge in [-0.2, -0.15) is 0 Å². The number of halogens is 2. The molecule has 5 aliphatic rings. The van der Waals surface area contributed by atoms with Crippen LogP contribution in [0.2, 0.25) is 0 Å². The highest BCUT2D eigenvalue weighted by molar-refractivity contribution is 6.51. The lowest BCUT2D eigenvalue weighted by Gasteiger charge is -2.37. The molecule has 0 unspecified atom stereocenters. The highest BCUT2D eigenvalue weighted by atomic mass is 35.5. The summed E-state index contributed by atoms with van der Waals surface area (Å²) >= 11 is 13.0. The maximum absolute atomic E-state index is 14.2. The number of likely N-dealkylation sites (tertiary alicyclic amines) is 1. The first-order valence-corrected chi connectivity index (χ1v) is 16.1. The Hall–Kier alpha value is -2.07. The summed E-state index contributed by atoms with van der Waals surface area (Å²) in [6.07, 6.45) is 11.7. The first kappa shape index (κ1) is 30.4. The van der Waals surface area contributed by atoms with Gasteiger partial charge in [0.05, 0.1) is 6.04 Å². The van der Waals surface area contributed by atoms with E-state index < -0.39 is 52.1 Å². The topological polar surface area (TPSA) is 148 Å². The molecule has 0 aromatic rings. The third kappa shape index (κ3) is 6.63. The van der Waals surface area contributed by atoms with Crippen LogP contribution in [0.5, 0.6) is 0 Å². The maximum atomic E-state index is 14.2. The molecule has 10 nitrogen and oxygen atoms in total. The lowest BCUT2D eigenvalue weighted by Crippen LogP contribution is -2.60. The Kier molecular flexibility index (Phi) is 9.38. The molecule has 5 fully saturated rings. The highest BCUT2D eigenvalue weighted by Crippen LogP contribution is 2.65. The molecule has 0 aromatic carbocycles. The van der Waals surface area contributed by atoms with Gasteiger partial charge in [-0.25, -0.2) is 4.79 Å². The minimum Gasteiger partial charge on any atom is -0.446 e. The molecule has 12 heteroatoms. The Morgan fingerprint density at radius 3 is 2.10 bits per heavy atom. The van der Waals surface area contributed by atoms with Crippen LogP contribution in [0.25, 0.3) is 0 Å². The number of hydrogen-bond acceptors (Lipinski definition) is 6. The molecule has 1 heterocycles. The molecule has 4 N–H and O–H groups in total. The Bertz CT molecular complexity index is 1040. The SMILES string of the molecule is NC(=O)C(=O)[C@H](CC1CCC1)NC(=O)[C@@H]1[C@@H]2[C@H](CN1C(=O)[C@@H](NC(=O)OC1CCCCC1)C1CCCCC1)C2(Cl)Cl. The third-order valence-corrected chi connectivity index (χ3v) is 11.1. The zero-order chi connectivity index (χ0) is 29.3. The van der Waals surface area contributed by atoms with Crippen LogP contribution in [0.4, 0.5) is 4.79 Å². The zero-order valence-corrected chi connectivity index (χ0v) is 25.0. The second-order valence-corrected chi connectivity index (χ2v) is 14.2. The van der Waals surface area contributed by atoms with E-state index in [-0.39, 0.29) is 36.3 Å². The van der Waals surface area contributed by atoms with Crippen LogP contribution in [0.15, 0.2) is 0 Å². The average molecular weight is 614 g/mol. The molecule has 0 bridgehead atoms. The van der Waals surface area contributed by atoms with E-state index in [4.69, 9.17) is 33.7 Å². The van der Waals surface area contributed by atoms with Gasteiger partial charge in [0.25, 0.3) is 5.91 Å². The fraction of sp³-hybridized carbons (Fsp3) is 0.828. The van der Waals surface area contributed by atoms with Crippen molar-refractivity contribution in [2.75, 3.05) is 6.54 Å². The van der Waals surface area contributed by atoms with Crippen molar-refractivity contribution >= 4 is 52.8 Å². The smallest absolute Gasteiger partial charge is 0.408 e. The molecule has 4 saturated carbocycles. The quantitative estimate of drug-likeness (QED) is 0.254. The number of primary amides is 1. The number of fused-ring (bicyclic) bond motifs is 1. The predicted molar refractivity (Wildman–Crippen MR) is 152 cm³/mol. The summed E-state index contributed by atoms with van der Waals surface area (Å²) < 4.78 is 4.52. The van der Waals surface area contributed by atoms with Gasteiger partial charge in [-0.3, -0.25) is 19.2 Å². The van der Waals surface area contributed by atoms with Gasteiger partial charge in [-0.1, -0.05) is 44.9 Å². The van der Waals surface area contributed by atoms with Gasteiger partial charge in [0.2, 0.25) is 17.6 Å². The molecule has 0 aromatic heterocycles. The molecule has 1 aliphatic heterocycles. The number of alkyl carbamates (subject to hydrolysis) is 1. The lowest BCUT2D eigenvalue weighted by molar-refractivity contribution is -0.144. The van der Waals surface area contributed by atoms with Crippen molar-refractivity contribution in [3.63, 3.8) is 0 Å². The van der Waals surface area contributed by atoms with Gasteiger partial charge < -0.3 is 26.0 Å². The van der Waals surface area contributed by atoms with E-state index in [1.54, 1.807) is 0 Å². The highest BCUT2D eigenvalue weighted by Gasteiger charge is 2.74. The van der Waals surface area contributed by atoms with Gasteiger partial charge in [0.1, 0.15) is 22.5 Å². The normalized spacial score (nSPS) is 29.4. The summed E-state index contributed by atoms with van der Waals surface area (Å²) in [4.78, 5) is 66.8. The van der Waals surface area contributed by atoms with E-state index in [0.29, 0.717) is 6.42 Å². The molecule has 5 atom stereocenters. The predicted octanol–water partition coefficient (Wildman–Crippen LogP) is 3.35. The summed E-state index contributed by atoms with van der Waals surface area (Å²) in [6, 6.07) is -2.95. The van der Waals surface area contributed by atoms with E-state index in [0.717, 1.165) is 83.5 Å². The zero-order valence-electron chi connectivity index (χ0n) is 23.5. The van der Waals surface area contributed by atoms with Gasteiger partial charge in [-0.05, 0) is 56.8 Å². The number of nitrogens with one attached hydrogen (secondary N) is 2. The van der Waals surface area contributed by atoms with Gasteiger partial charge in [0, 0.05) is 18.4 Å². The van der Waals surface area contributed by atoms with Gasteiger partial charge >= 0.3 is 6.09 Å². The summed E-state index contributed by atoms with van der Waals surface area (Å²) in [5.74, 6) is -3.63. The number of ketones is 1. The fourth-order valence-electron chi connectivity index (χ4n) is 7.38. The van der Waals surface area contributed by atoms with E-state index >= 15 is 0 Å². The largest absolute Gasteiger partial charge is 0.446 e. The third-order valence-electron chi connectivity index (χ3n) is 10.0. The standard InChI is InChI=1S/C29H42Cl2N4O6/c30-29(31)19-15-35(23(21(19)29)26(38)33-20(24(36)25(32)37)14-16-8-7-9-16)27(39)22(17-10-3-1-4-11-17)34-28(40)41-18-12-5-2-6-13-18/h16-23H,1-15H2,(H2,32,37)(H,33,38)(H,34,40)/t19-,20-,21-,22-,23-/m0/s1. The number of amides is 4. The number of ether oxygens (including phenoxy) is 1. The molecule has 5 rings (SSSR count). The first-order chi connectivity index (χ1) is 19.6. The molecule has 0 radical (unpaired) electrons. The first-order valence-electron chi connectivity index (χ1n) is 15.4. The van der Waals surface area contributed by atoms with Crippen LogP contribution in [-0.2, 0) is 23.9 Å². The molecule has 0 spiro atoms. The number of rotatable bonds is 10. The lowest BCUT2D eigenvalue weighted by atomic mass is 9.80. The summed E-state index contributed by atoms with van der Waals surface area (Å²) in [7, 11) is 0. The number of alkyl halides is 2. The number of carbonyl (C=O) groups excluding carboxylic acids is 5. The summed E-state index contributed by atoms with van der Waals surface area (Å²) in [6.45, 7) is 0.161.